The molecule has 0 saturated heterocycles. The molecular formula is C20H18ClN3O3. The molecule has 0 atom stereocenters. The highest BCUT2D eigenvalue weighted by molar-refractivity contribution is 6.30. The Bertz CT molecular complexity index is 945. The van der Waals surface area contributed by atoms with Crippen LogP contribution in [0, 0.1) is 0 Å². The normalized spacial score (nSPS) is 10.2. The number of halogens is 1. The van der Waals surface area contributed by atoms with E-state index in [2.05, 4.69) is 15.6 Å². The number of hydrogen-bond acceptors (Lipinski definition) is 5. The van der Waals surface area contributed by atoms with Crippen molar-refractivity contribution in [1.82, 2.24) is 4.98 Å². The zero-order valence-corrected chi connectivity index (χ0v) is 15.6. The zero-order chi connectivity index (χ0) is 19.2. The molecule has 0 fully saturated rings. The largest absolute Gasteiger partial charge is 0.497 e. The van der Waals surface area contributed by atoms with Crippen LogP contribution in [0.15, 0.2) is 60.8 Å². The first kappa shape index (κ1) is 18.5. The SMILES string of the molecule is COc1ccc(OC)c(Nc2cc(C(=O)Nc3ccc(Cl)cc3)ccn2)c1. The van der Waals surface area contributed by atoms with E-state index in [1.165, 1.54) is 0 Å². The monoisotopic (exact) mass is 383 g/mol. The Labute approximate surface area is 162 Å². The smallest absolute Gasteiger partial charge is 0.255 e. The summed E-state index contributed by atoms with van der Waals surface area (Å²) in [6.45, 7) is 0. The van der Waals surface area contributed by atoms with Gasteiger partial charge in [0.2, 0.25) is 0 Å². The number of amides is 1. The van der Waals surface area contributed by atoms with Gasteiger partial charge in [0.1, 0.15) is 17.3 Å². The van der Waals surface area contributed by atoms with Crippen LogP contribution in [0.2, 0.25) is 5.02 Å². The number of benzene rings is 2. The molecule has 0 aliphatic carbocycles. The lowest BCUT2D eigenvalue weighted by Gasteiger charge is -2.13. The van der Waals surface area contributed by atoms with Crippen molar-refractivity contribution in [2.24, 2.45) is 0 Å². The summed E-state index contributed by atoms with van der Waals surface area (Å²) in [7, 11) is 3.17. The van der Waals surface area contributed by atoms with Gasteiger partial charge in [-0.1, -0.05) is 11.6 Å². The Hall–Kier alpha value is -3.25. The summed E-state index contributed by atoms with van der Waals surface area (Å²) in [6.07, 6.45) is 1.56. The van der Waals surface area contributed by atoms with Crippen LogP contribution in [-0.4, -0.2) is 25.1 Å². The fourth-order valence-electron chi connectivity index (χ4n) is 2.43. The topological polar surface area (TPSA) is 72.5 Å². The number of carbonyl (C=O) groups is 1. The maximum atomic E-state index is 12.5. The first-order chi connectivity index (χ1) is 13.1. The molecule has 1 aromatic heterocycles. The maximum absolute atomic E-state index is 12.5. The molecule has 2 aromatic carbocycles. The van der Waals surface area contributed by atoms with Gasteiger partial charge in [-0.15, -0.1) is 0 Å². The van der Waals surface area contributed by atoms with Crippen molar-refractivity contribution >= 4 is 34.7 Å². The van der Waals surface area contributed by atoms with E-state index >= 15 is 0 Å². The number of rotatable bonds is 6. The summed E-state index contributed by atoms with van der Waals surface area (Å²) in [4.78, 5) is 16.7. The quantitative estimate of drug-likeness (QED) is 0.642. The van der Waals surface area contributed by atoms with Gasteiger partial charge in [-0.05, 0) is 48.5 Å². The van der Waals surface area contributed by atoms with Gasteiger partial charge in [0.05, 0.1) is 19.9 Å². The Balaban J connectivity index is 1.79. The van der Waals surface area contributed by atoms with E-state index in [0.717, 1.165) is 0 Å². The summed E-state index contributed by atoms with van der Waals surface area (Å²) < 4.78 is 10.6. The van der Waals surface area contributed by atoms with Gasteiger partial charge >= 0.3 is 0 Å². The number of ether oxygens (including phenoxy) is 2. The van der Waals surface area contributed by atoms with Crippen molar-refractivity contribution in [1.29, 1.82) is 0 Å². The molecule has 2 N–H and O–H groups in total. The third kappa shape index (κ3) is 4.68. The highest BCUT2D eigenvalue weighted by atomic mass is 35.5. The minimum Gasteiger partial charge on any atom is -0.497 e. The van der Waals surface area contributed by atoms with Crippen LogP contribution in [0.4, 0.5) is 17.2 Å². The average Bonchev–Trinajstić information content (AvgIpc) is 2.70. The molecule has 0 spiro atoms. The zero-order valence-electron chi connectivity index (χ0n) is 14.8. The first-order valence-electron chi connectivity index (χ1n) is 8.11. The van der Waals surface area contributed by atoms with Gasteiger partial charge in [-0.25, -0.2) is 4.98 Å². The molecule has 6 nitrogen and oxygen atoms in total. The third-order valence-electron chi connectivity index (χ3n) is 3.79. The number of methoxy groups -OCH3 is 2. The van der Waals surface area contributed by atoms with E-state index < -0.39 is 0 Å². The highest BCUT2D eigenvalue weighted by Crippen LogP contribution is 2.31. The van der Waals surface area contributed by atoms with Crippen molar-refractivity contribution in [2.75, 3.05) is 24.9 Å². The molecule has 3 rings (SSSR count). The number of carbonyl (C=O) groups excluding carboxylic acids is 1. The van der Waals surface area contributed by atoms with E-state index in [4.69, 9.17) is 21.1 Å². The second-order valence-corrected chi connectivity index (χ2v) is 6.02. The van der Waals surface area contributed by atoms with E-state index in [-0.39, 0.29) is 5.91 Å². The van der Waals surface area contributed by atoms with Gasteiger partial charge in [0, 0.05) is 28.5 Å². The Morgan fingerprint density at radius 2 is 1.78 bits per heavy atom. The summed E-state index contributed by atoms with van der Waals surface area (Å²) in [5.41, 5.74) is 1.80. The number of pyridine rings is 1. The van der Waals surface area contributed by atoms with Gasteiger partial charge in [-0.3, -0.25) is 4.79 Å². The van der Waals surface area contributed by atoms with Crippen LogP contribution >= 0.6 is 11.6 Å². The molecule has 0 unspecified atom stereocenters. The van der Waals surface area contributed by atoms with Crippen molar-refractivity contribution < 1.29 is 14.3 Å². The number of nitrogens with zero attached hydrogens (tertiary/aromatic N) is 1. The standard InChI is InChI=1S/C20H18ClN3O3/c1-26-16-7-8-18(27-2)17(12-16)24-19-11-13(9-10-22-19)20(25)23-15-5-3-14(21)4-6-15/h3-12H,1-2H3,(H,22,24)(H,23,25). The first-order valence-corrected chi connectivity index (χ1v) is 8.49. The van der Waals surface area contributed by atoms with Crippen LogP contribution in [0.25, 0.3) is 0 Å². The third-order valence-corrected chi connectivity index (χ3v) is 4.05. The van der Waals surface area contributed by atoms with Crippen LogP contribution in [0.1, 0.15) is 10.4 Å². The summed E-state index contributed by atoms with van der Waals surface area (Å²) in [6, 6.07) is 15.6. The number of aromatic nitrogens is 1. The molecule has 3 aromatic rings. The molecule has 27 heavy (non-hydrogen) atoms. The van der Waals surface area contributed by atoms with Crippen LogP contribution in [0.5, 0.6) is 11.5 Å². The van der Waals surface area contributed by atoms with E-state index in [0.29, 0.717) is 39.3 Å². The summed E-state index contributed by atoms with van der Waals surface area (Å²) in [5, 5.41) is 6.58. The lowest BCUT2D eigenvalue weighted by atomic mass is 10.2. The molecule has 0 aliphatic heterocycles. The molecule has 1 heterocycles. The molecule has 138 valence electrons. The Morgan fingerprint density at radius 1 is 1.00 bits per heavy atom. The number of anilines is 3. The molecule has 0 bridgehead atoms. The van der Waals surface area contributed by atoms with Crippen LogP contribution < -0.4 is 20.1 Å². The second-order valence-electron chi connectivity index (χ2n) is 5.58. The predicted molar refractivity (Wildman–Crippen MR) is 106 cm³/mol. The van der Waals surface area contributed by atoms with Gasteiger partial charge < -0.3 is 20.1 Å². The van der Waals surface area contributed by atoms with Gasteiger partial charge in [0.25, 0.3) is 5.91 Å². The lowest BCUT2D eigenvalue weighted by Crippen LogP contribution is -2.12. The molecule has 0 radical (unpaired) electrons. The van der Waals surface area contributed by atoms with E-state index in [9.17, 15) is 4.79 Å². The van der Waals surface area contributed by atoms with Gasteiger partial charge in [-0.2, -0.15) is 0 Å². The molecule has 1 amide bonds. The molecule has 0 aliphatic rings. The fourth-order valence-corrected chi connectivity index (χ4v) is 2.55. The van der Waals surface area contributed by atoms with E-state index in [1.54, 1.807) is 75.0 Å². The number of nitrogens with one attached hydrogen (secondary N) is 2. The fraction of sp³-hybridized carbons (Fsp3) is 0.100. The minimum atomic E-state index is -0.250. The Morgan fingerprint density at radius 3 is 2.48 bits per heavy atom. The summed E-state index contributed by atoms with van der Waals surface area (Å²) in [5.74, 6) is 1.56. The predicted octanol–water partition coefficient (Wildman–Crippen LogP) is 4.75. The molecular weight excluding hydrogens is 366 g/mol. The van der Waals surface area contributed by atoms with Crippen LogP contribution in [-0.2, 0) is 0 Å². The van der Waals surface area contributed by atoms with Gasteiger partial charge in [0.15, 0.2) is 0 Å². The second kappa shape index (κ2) is 8.42. The maximum Gasteiger partial charge on any atom is 0.255 e. The van der Waals surface area contributed by atoms with Crippen molar-refractivity contribution in [3.8, 4) is 11.5 Å². The summed E-state index contributed by atoms with van der Waals surface area (Å²) >= 11 is 5.86. The Kier molecular flexibility index (Phi) is 5.78. The number of hydrogen-bond donors (Lipinski definition) is 2. The molecule has 0 saturated carbocycles. The lowest BCUT2D eigenvalue weighted by molar-refractivity contribution is 0.102. The van der Waals surface area contributed by atoms with Crippen molar-refractivity contribution in [3.63, 3.8) is 0 Å². The van der Waals surface area contributed by atoms with Crippen molar-refractivity contribution in [3.05, 3.63) is 71.4 Å². The highest BCUT2D eigenvalue weighted by Gasteiger charge is 2.10. The molecule has 7 heteroatoms. The minimum absolute atomic E-state index is 0.250. The van der Waals surface area contributed by atoms with Crippen LogP contribution in [0.3, 0.4) is 0 Å². The van der Waals surface area contributed by atoms with Crippen molar-refractivity contribution in [2.45, 2.75) is 0 Å². The average molecular weight is 384 g/mol. The van der Waals surface area contributed by atoms with E-state index in [1.807, 2.05) is 0 Å².